The molecule has 0 amide bonds. The largest absolute Gasteiger partial charge is 0.334 e. The van der Waals surface area contributed by atoms with Gasteiger partial charge in [0.2, 0.25) is 0 Å². The van der Waals surface area contributed by atoms with Crippen LogP contribution in [0.15, 0.2) is 175 Å². The van der Waals surface area contributed by atoms with E-state index in [-0.39, 0.29) is 12.2 Å². The number of quaternary nitrogens is 1. The average molecular weight is 699 g/mol. The molecule has 3 heteroatoms. The smallest absolute Gasteiger partial charge is 0.190 e. The molecule has 262 valence electrons. The van der Waals surface area contributed by atoms with E-state index in [0.29, 0.717) is 11.8 Å². The molecule has 1 aromatic heterocycles. The third kappa shape index (κ3) is 5.14. The zero-order valence-corrected chi connectivity index (χ0v) is 30.5. The summed E-state index contributed by atoms with van der Waals surface area (Å²) in [6, 6.07) is 36.4. The van der Waals surface area contributed by atoms with Crippen LogP contribution >= 0.6 is 0 Å². The standard InChI is InChI=1S/C51H43N3/c1-4-14-34(15-5-1)38-24-27-42-45-31-37(36-25-28-48-44(30-36)41-21-11-13-23-47(41)53(48)39-18-8-3-9-19-39)26-29-49(45)54(50(42)32-38)51-33-43(35-16-6-2-7-17-35)40-20-10-12-22-46(40)52-51/h2,4,6-8,10-31,33,38,44,48,51-52H,1,3,5,9,32H2/p+1. The minimum Gasteiger partial charge on any atom is -0.334 e. The van der Waals surface area contributed by atoms with Crippen LogP contribution in [0.1, 0.15) is 71.3 Å². The predicted octanol–water partition coefficient (Wildman–Crippen LogP) is 11.1. The summed E-state index contributed by atoms with van der Waals surface area (Å²) in [4.78, 5) is 2.56. The Kier molecular flexibility index (Phi) is 7.55. The molecule has 6 aliphatic rings. The Labute approximate surface area is 318 Å². The van der Waals surface area contributed by atoms with Gasteiger partial charge in [-0.2, -0.15) is 0 Å². The molecule has 4 aromatic carbocycles. The van der Waals surface area contributed by atoms with Crippen molar-refractivity contribution in [3.63, 3.8) is 0 Å². The van der Waals surface area contributed by atoms with E-state index in [0.717, 1.165) is 32.1 Å². The molecule has 5 aromatic rings. The van der Waals surface area contributed by atoms with Gasteiger partial charge in [-0.05, 0) is 102 Å². The molecule has 0 spiro atoms. The van der Waals surface area contributed by atoms with Crippen molar-refractivity contribution < 1.29 is 5.32 Å². The van der Waals surface area contributed by atoms with Crippen molar-refractivity contribution in [2.24, 2.45) is 5.92 Å². The highest BCUT2D eigenvalue weighted by Crippen LogP contribution is 2.48. The molecule has 11 rings (SSSR count). The van der Waals surface area contributed by atoms with Crippen LogP contribution in [0.3, 0.4) is 0 Å². The highest BCUT2D eigenvalue weighted by Gasteiger charge is 2.39. The Morgan fingerprint density at radius 2 is 1.50 bits per heavy atom. The van der Waals surface area contributed by atoms with Gasteiger partial charge in [-0.1, -0.05) is 127 Å². The van der Waals surface area contributed by atoms with Gasteiger partial charge in [-0.25, -0.2) is 0 Å². The van der Waals surface area contributed by atoms with Gasteiger partial charge in [0.15, 0.2) is 6.17 Å². The van der Waals surface area contributed by atoms with Crippen LogP contribution in [0.5, 0.6) is 0 Å². The van der Waals surface area contributed by atoms with Crippen molar-refractivity contribution in [2.75, 3.05) is 4.90 Å². The molecule has 3 heterocycles. The van der Waals surface area contributed by atoms with E-state index < -0.39 is 0 Å². The number of hydrogen-bond donors (Lipinski definition) is 1. The molecule has 2 aliphatic heterocycles. The lowest BCUT2D eigenvalue weighted by molar-refractivity contribution is -0.623. The Bertz CT molecular complexity index is 2580. The summed E-state index contributed by atoms with van der Waals surface area (Å²) >= 11 is 0. The fourth-order valence-corrected chi connectivity index (χ4v) is 9.95. The summed E-state index contributed by atoms with van der Waals surface area (Å²) < 4.78 is 2.66. The maximum Gasteiger partial charge on any atom is 0.190 e. The summed E-state index contributed by atoms with van der Waals surface area (Å²) in [5.41, 5.74) is 17.4. The van der Waals surface area contributed by atoms with Gasteiger partial charge < -0.3 is 4.90 Å². The lowest BCUT2D eigenvalue weighted by atomic mass is 9.84. The van der Waals surface area contributed by atoms with Crippen LogP contribution in [0.2, 0.25) is 0 Å². The van der Waals surface area contributed by atoms with Crippen molar-refractivity contribution in [3.05, 3.63) is 209 Å². The fourth-order valence-electron chi connectivity index (χ4n) is 9.95. The number of allylic oxidation sites excluding steroid dienone is 10. The van der Waals surface area contributed by atoms with Gasteiger partial charge in [0.1, 0.15) is 5.69 Å². The minimum atomic E-state index is 0.0916. The van der Waals surface area contributed by atoms with Gasteiger partial charge in [0.25, 0.3) is 0 Å². The molecule has 3 nitrogen and oxygen atoms in total. The molecule has 2 N–H and O–H groups in total. The highest BCUT2D eigenvalue weighted by atomic mass is 15.2. The SMILES string of the molecule is C1=CC(C2C=Cc3c(n(C4C=C(c5ccccc5)c5ccccc5[NH2+]4)c4ccc(C5=CC6c7ccccc7N(C7=CCCC=C7)C6C=C5)cc34)C2)=CCC1. The first kappa shape index (κ1) is 31.6. The van der Waals surface area contributed by atoms with Crippen LogP contribution in [-0.2, 0) is 6.42 Å². The molecule has 4 atom stereocenters. The molecular formula is C51H44N3+. The van der Waals surface area contributed by atoms with E-state index in [1.807, 2.05) is 0 Å². The molecule has 0 radical (unpaired) electrons. The van der Waals surface area contributed by atoms with Crippen LogP contribution in [-0.4, -0.2) is 10.6 Å². The van der Waals surface area contributed by atoms with Crippen molar-refractivity contribution >= 4 is 39.5 Å². The minimum absolute atomic E-state index is 0.0916. The fraction of sp³-hybridized carbons (Fsp3) is 0.176. The molecule has 0 bridgehead atoms. The van der Waals surface area contributed by atoms with Crippen LogP contribution in [0.4, 0.5) is 11.4 Å². The maximum atomic E-state index is 2.66. The first-order valence-corrected chi connectivity index (χ1v) is 19.9. The van der Waals surface area contributed by atoms with Crippen molar-refractivity contribution in [1.82, 2.24) is 4.57 Å². The summed E-state index contributed by atoms with van der Waals surface area (Å²) in [7, 11) is 0. The molecule has 4 unspecified atom stereocenters. The maximum absolute atomic E-state index is 2.66. The van der Waals surface area contributed by atoms with E-state index in [4.69, 9.17) is 0 Å². The molecule has 0 fully saturated rings. The van der Waals surface area contributed by atoms with Gasteiger partial charge >= 0.3 is 0 Å². The molecule has 0 saturated carbocycles. The number of fused-ring (bicyclic) bond motifs is 7. The number of hydrogen-bond acceptors (Lipinski definition) is 1. The van der Waals surface area contributed by atoms with E-state index >= 15 is 0 Å². The Balaban J connectivity index is 1.04. The van der Waals surface area contributed by atoms with Crippen molar-refractivity contribution in [3.8, 4) is 0 Å². The first-order valence-electron chi connectivity index (χ1n) is 19.9. The van der Waals surface area contributed by atoms with E-state index in [9.17, 15) is 0 Å². The predicted molar refractivity (Wildman–Crippen MR) is 224 cm³/mol. The lowest BCUT2D eigenvalue weighted by Crippen LogP contribution is -2.81. The molecular weight excluding hydrogens is 655 g/mol. The average Bonchev–Trinajstić information content (AvgIpc) is 3.76. The Morgan fingerprint density at radius 3 is 2.37 bits per heavy atom. The Hall–Kier alpha value is -5.90. The van der Waals surface area contributed by atoms with E-state index in [2.05, 4.69) is 185 Å². The van der Waals surface area contributed by atoms with Crippen LogP contribution in [0.25, 0.3) is 28.1 Å². The van der Waals surface area contributed by atoms with Gasteiger partial charge in [-0.15, -0.1) is 0 Å². The van der Waals surface area contributed by atoms with Gasteiger partial charge in [0.05, 0.1) is 11.6 Å². The first-order chi connectivity index (χ1) is 26.8. The normalized spacial score (nSPS) is 23.6. The second kappa shape index (κ2) is 12.9. The number of rotatable bonds is 5. The topological polar surface area (TPSA) is 24.8 Å². The number of anilines is 1. The quantitative estimate of drug-likeness (QED) is 0.182. The van der Waals surface area contributed by atoms with E-state index in [1.165, 1.54) is 78.2 Å². The lowest BCUT2D eigenvalue weighted by Gasteiger charge is -2.31. The third-order valence-electron chi connectivity index (χ3n) is 12.5. The van der Waals surface area contributed by atoms with E-state index in [1.54, 1.807) is 0 Å². The summed E-state index contributed by atoms with van der Waals surface area (Å²) in [5.74, 6) is 0.688. The summed E-state index contributed by atoms with van der Waals surface area (Å²) in [5, 5.41) is 3.82. The zero-order chi connectivity index (χ0) is 35.6. The van der Waals surface area contributed by atoms with Gasteiger partial charge in [-0.3, -0.25) is 9.88 Å². The zero-order valence-electron chi connectivity index (χ0n) is 30.5. The highest BCUT2D eigenvalue weighted by molar-refractivity contribution is 5.96. The number of nitrogens with two attached hydrogens (primary N) is 1. The summed E-state index contributed by atoms with van der Waals surface area (Å²) in [6.45, 7) is 0. The number of benzene rings is 4. The number of nitrogens with zero attached hydrogens (tertiary/aromatic N) is 2. The number of aromatic nitrogens is 1. The van der Waals surface area contributed by atoms with Crippen molar-refractivity contribution in [2.45, 2.75) is 50.2 Å². The van der Waals surface area contributed by atoms with Gasteiger partial charge in [0, 0.05) is 51.5 Å². The van der Waals surface area contributed by atoms with Crippen LogP contribution in [0, 0.1) is 5.92 Å². The van der Waals surface area contributed by atoms with Crippen molar-refractivity contribution in [1.29, 1.82) is 0 Å². The Morgan fingerprint density at radius 1 is 0.667 bits per heavy atom. The molecule has 54 heavy (non-hydrogen) atoms. The summed E-state index contributed by atoms with van der Waals surface area (Å²) in [6.07, 6.45) is 34.6. The third-order valence-corrected chi connectivity index (χ3v) is 12.5. The second-order valence-electron chi connectivity index (χ2n) is 15.5. The number of para-hydroxylation sites is 2. The monoisotopic (exact) mass is 698 g/mol. The second-order valence-corrected chi connectivity index (χ2v) is 15.5. The molecule has 4 aliphatic carbocycles. The van der Waals surface area contributed by atoms with Crippen LogP contribution < -0.4 is 10.2 Å². The molecule has 0 saturated heterocycles.